The van der Waals surface area contributed by atoms with Gasteiger partial charge >= 0.3 is 12.1 Å². The van der Waals surface area contributed by atoms with Crippen LogP contribution in [0.4, 0.5) is 4.79 Å². The van der Waals surface area contributed by atoms with Crippen molar-refractivity contribution in [1.82, 2.24) is 15.2 Å². The van der Waals surface area contributed by atoms with E-state index in [0.29, 0.717) is 13.1 Å². The highest BCUT2D eigenvalue weighted by Crippen LogP contribution is 2.23. The van der Waals surface area contributed by atoms with Crippen LogP contribution < -0.4 is 5.32 Å². The number of carbonyl (C=O) groups is 2. The third kappa shape index (κ3) is 5.19. The maximum atomic E-state index is 12.0. The van der Waals surface area contributed by atoms with Crippen LogP contribution in [0.1, 0.15) is 50.2 Å². The molecule has 0 aromatic carbocycles. The number of pyridine rings is 1. The predicted octanol–water partition coefficient (Wildman–Crippen LogP) is 2.27. The number of likely N-dealkylation sites (tertiary alicyclic amines) is 1. The van der Waals surface area contributed by atoms with E-state index in [1.165, 1.54) is 6.20 Å². The van der Waals surface area contributed by atoms with Crippen molar-refractivity contribution in [2.75, 3.05) is 13.1 Å². The first-order valence-corrected chi connectivity index (χ1v) is 7.98. The maximum absolute atomic E-state index is 12.0. The van der Waals surface area contributed by atoms with Gasteiger partial charge in [-0.15, -0.1) is 0 Å². The number of hydrogen-bond donors (Lipinski definition) is 2. The molecule has 1 amide bonds. The molecule has 24 heavy (non-hydrogen) atoms. The van der Waals surface area contributed by atoms with E-state index in [0.717, 1.165) is 18.5 Å². The number of alkyl carbamates (subject to hydrolysis) is 1. The molecule has 7 heteroatoms. The molecule has 0 saturated carbocycles. The summed E-state index contributed by atoms with van der Waals surface area (Å²) in [6, 6.07) is 3.39. The second-order valence-electron chi connectivity index (χ2n) is 7.50. The lowest BCUT2D eigenvalue weighted by molar-refractivity contribution is 0.0466. The van der Waals surface area contributed by atoms with Crippen molar-refractivity contribution in [3.8, 4) is 0 Å². The summed E-state index contributed by atoms with van der Waals surface area (Å²) in [5, 5.41) is 12.0. The number of nitrogens with one attached hydrogen (secondary N) is 1. The number of rotatable bonds is 4. The zero-order chi connectivity index (χ0) is 18.0. The summed E-state index contributed by atoms with van der Waals surface area (Å²) in [4.78, 5) is 29.0. The number of amides is 1. The van der Waals surface area contributed by atoms with Gasteiger partial charge in [0.2, 0.25) is 0 Å². The van der Waals surface area contributed by atoms with E-state index in [-0.39, 0.29) is 11.2 Å². The summed E-state index contributed by atoms with van der Waals surface area (Å²) < 4.78 is 5.32. The van der Waals surface area contributed by atoms with Gasteiger partial charge in [0, 0.05) is 25.8 Å². The Morgan fingerprint density at radius 2 is 2.17 bits per heavy atom. The van der Waals surface area contributed by atoms with Crippen LogP contribution in [0.3, 0.4) is 0 Å². The van der Waals surface area contributed by atoms with Crippen LogP contribution in [0.15, 0.2) is 18.3 Å². The van der Waals surface area contributed by atoms with Gasteiger partial charge in [0.1, 0.15) is 11.3 Å². The highest BCUT2D eigenvalue weighted by Gasteiger charge is 2.36. The van der Waals surface area contributed by atoms with E-state index in [9.17, 15) is 9.59 Å². The second kappa shape index (κ2) is 6.76. The molecule has 1 atom stereocenters. The zero-order valence-electron chi connectivity index (χ0n) is 14.6. The van der Waals surface area contributed by atoms with Crippen LogP contribution >= 0.6 is 0 Å². The molecule has 1 aromatic rings. The number of aromatic carboxylic acids is 1. The van der Waals surface area contributed by atoms with Gasteiger partial charge in [-0.3, -0.25) is 4.90 Å². The monoisotopic (exact) mass is 335 g/mol. The van der Waals surface area contributed by atoms with E-state index < -0.39 is 17.7 Å². The molecule has 7 nitrogen and oxygen atoms in total. The minimum absolute atomic E-state index is 0.0429. The van der Waals surface area contributed by atoms with Gasteiger partial charge in [-0.25, -0.2) is 14.6 Å². The predicted molar refractivity (Wildman–Crippen MR) is 88.9 cm³/mol. The average Bonchev–Trinajstić information content (AvgIpc) is 2.77. The molecular formula is C17H25N3O4. The Hall–Kier alpha value is -2.15. The number of ether oxygens (including phenoxy) is 1. The summed E-state index contributed by atoms with van der Waals surface area (Å²) in [5.74, 6) is -1.03. The van der Waals surface area contributed by atoms with Crippen LogP contribution in [0.5, 0.6) is 0 Å². The van der Waals surface area contributed by atoms with Crippen LogP contribution in [0, 0.1) is 0 Å². The van der Waals surface area contributed by atoms with Gasteiger partial charge in [0.15, 0.2) is 0 Å². The molecule has 1 aliphatic heterocycles. The van der Waals surface area contributed by atoms with Crippen LogP contribution in [0.25, 0.3) is 0 Å². The molecule has 0 aliphatic carbocycles. The lowest BCUT2D eigenvalue weighted by Gasteiger charge is -2.28. The van der Waals surface area contributed by atoms with Crippen molar-refractivity contribution in [3.05, 3.63) is 29.6 Å². The third-order valence-corrected chi connectivity index (χ3v) is 3.80. The van der Waals surface area contributed by atoms with Gasteiger partial charge in [0.05, 0.1) is 5.54 Å². The Morgan fingerprint density at radius 3 is 2.79 bits per heavy atom. The number of aromatic nitrogens is 1. The molecule has 0 radical (unpaired) electrons. The van der Waals surface area contributed by atoms with E-state index in [4.69, 9.17) is 9.84 Å². The molecule has 1 fully saturated rings. The number of carboxylic acids is 1. The Kier molecular flexibility index (Phi) is 5.13. The van der Waals surface area contributed by atoms with E-state index in [2.05, 4.69) is 15.2 Å². The molecule has 1 saturated heterocycles. The molecule has 1 aliphatic rings. The van der Waals surface area contributed by atoms with Crippen molar-refractivity contribution >= 4 is 12.1 Å². The van der Waals surface area contributed by atoms with Crippen LogP contribution in [-0.2, 0) is 11.3 Å². The molecule has 2 heterocycles. The Morgan fingerprint density at radius 1 is 1.46 bits per heavy atom. The molecular weight excluding hydrogens is 310 g/mol. The molecule has 0 bridgehead atoms. The lowest BCUT2D eigenvalue weighted by atomic mass is 10.0. The number of carboxylic acid groups (broad SMARTS) is 1. The van der Waals surface area contributed by atoms with Crippen molar-refractivity contribution in [1.29, 1.82) is 0 Å². The first-order valence-electron chi connectivity index (χ1n) is 7.98. The fourth-order valence-corrected chi connectivity index (χ4v) is 2.79. The number of nitrogens with zero attached hydrogens (tertiary/aromatic N) is 2. The fourth-order valence-electron chi connectivity index (χ4n) is 2.79. The van der Waals surface area contributed by atoms with Gasteiger partial charge in [0.25, 0.3) is 0 Å². The molecule has 0 spiro atoms. The normalized spacial score (nSPS) is 21.5. The van der Waals surface area contributed by atoms with Gasteiger partial charge in [-0.2, -0.15) is 0 Å². The van der Waals surface area contributed by atoms with Gasteiger partial charge < -0.3 is 15.2 Å². The largest absolute Gasteiger partial charge is 0.477 e. The summed E-state index contributed by atoms with van der Waals surface area (Å²) in [7, 11) is 0. The number of carbonyl (C=O) groups excluding carboxylic acids is 1. The zero-order valence-corrected chi connectivity index (χ0v) is 14.6. The van der Waals surface area contributed by atoms with Crippen LogP contribution in [-0.4, -0.2) is 51.3 Å². The first-order chi connectivity index (χ1) is 11.1. The third-order valence-electron chi connectivity index (χ3n) is 3.80. The summed E-state index contributed by atoms with van der Waals surface area (Å²) in [6.45, 7) is 9.60. The highest BCUT2D eigenvalue weighted by molar-refractivity contribution is 5.85. The van der Waals surface area contributed by atoms with Crippen molar-refractivity contribution in [2.45, 2.75) is 51.8 Å². The van der Waals surface area contributed by atoms with Crippen molar-refractivity contribution < 1.29 is 19.4 Å². The molecule has 2 rings (SSSR count). The summed E-state index contributed by atoms with van der Waals surface area (Å²) >= 11 is 0. The van der Waals surface area contributed by atoms with E-state index >= 15 is 0 Å². The summed E-state index contributed by atoms with van der Waals surface area (Å²) in [5.41, 5.74) is 0.0545. The van der Waals surface area contributed by atoms with E-state index in [1.807, 2.05) is 33.8 Å². The Balaban J connectivity index is 1.93. The van der Waals surface area contributed by atoms with Gasteiger partial charge in [-0.05, 0) is 51.8 Å². The van der Waals surface area contributed by atoms with Crippen molar-refractivity contribution in [3.63, 3.8) is 0 Å². The first kappa shape index (κ1) is 18.2. The minimum atomic E-state index is -1.03. The SMILES string of the molecule is CC(C)(C)OC(=O)N[C@]1(C)CCN(Cc2ccnc(C(=O)O)c2)C1. The smallest absolute Gasteiger partial charge is 0.408 e. The Bertz CT molecular complexity index is 627. The molecule has 2 N–H and O–H groups in total. The molecule has 132 valence electrons. The maximum Gasteiger partial charge on any atom is 0.408 e. The second-order valence-corrected chi connectivity index (χ2v) is 7.50. The lowest BCUT2D eigenvalue weighted by Crippen LogP contribution is -2.49. The summed E-state index contributed by atoms with van der Waals surface area (Å²) in [6.07, 6.45) is 1.90. The van der Waals surface area contributed by atoms with Crippen LogP contribution in [0.2, 0.25) is 0 Å². The Labute approximate surface area is 142 Å². The molecule has 1 aromatic heterocycles. The van der Waals surface area contributed by atoms with Crippen molar-refractivity contribution in [2.24, 2.45) is 0 Å². The fraction of sp³-hybridized carbons (Fsp3) is 0.588. The minimum Gasteiger partial charge on any atom is -0.477 e. The quantitative estimate of drug-likeness (QED) is 0.877. The molecule has 0 unspecified atom stereocenters. The van der Waals surface area contributed by atoms with E-state index in [1.54, 1.807) is 6.07 Å². The highest BCUT2D eigenvalue weighted by atomic mass is 16.6. The standard InChI is InChI=1S/C17H25N3O4/c1-16(2,3)24-15(23)19-17(4)6-8-20(11-17)10-12-5-7-18-13(9-12)14(21)22/h5,7,9H,6,8,10-11H2,1-4H3,(H,19,23)(H,21,22)/t17-/m1/s1. The number of hydrogen-bond acceptors (Lipinski definition) is 5. The average molecular weight is 335 g/mol. The topological polar surface area (TPSA) is 91.8 Å². The van der Waals surface area contributed by atoms with Gasteiger partial charge in [-0.1, -0.05) is 0 Å².